The van der Waals surface area contributed by atoms with Gasteiger partial charge in [0.1, 0.15) is 6.26 Å². The Morgan fingerprint density at radius 3 is 2.59 bits per heavy atom. The Morgan fingerprint density at radius 2 is 2.00 bits per heavy atom. The first kappa shape index (κ1) is 16.6. The molecule has 1 N–H and O–H groups in total. The fraction of sp³-hybridized carbons (Fsp3) is 0.438. The van der Waals surface area contributed by atoms with E-state index in [9.17, 15) is 13.9 Å². The van der Waals surface area contributed by atoms with E-state index in [1.807, 2.05) is 11.8 Å². The number of likely N-dealkylation sites (N-methyl/N-ethyl adjacent to an activating group) is 1. The lowest BCUT2D eigenvalue weighted by molar-refractivity contribution is 0.0349. The van der Waals surface area contributed by atoms with E-state index in [-0.39, 0.29) is 5.89 Å². The molecular formula is C16H20F2N2O2. The zero-order chi connectivity index (χ0) is 16.3. The van der Waals surface area contributed by atoms with Crippen LogP contribution in [0.2, 0.25) is 0 Å². The standard InChI is InChI=1S/C16H20F2N2O2/c1-4-20(10-16(2,3)21)8-12-9-22-15(19-12)11-5-6-13(17)14(18)7-11/h5-7,9,21H,4,8,10H2,1-3H3. The van der Waals surface area contributed by atoms with Crippen LogP contribution in [0, 0.1) is 11.6 Å². The molecule has 2 aromatic rings. The first-order chi connectivity index (χ1) is 10.3. The van der Waals surface area contributed by atoms with E-state index < -0.39 is 17.2 Å². The summed E-state index contributed by atoms with van der Waals surface area (Å²) in [5.74, 6) is -1.60. The number of halogens is 2. The van der Waals surface area contributed by atoms with Crippen LogP contribution in [0.25, 0.3) is 11.5 Å². The summed E-state index contributed by atoms with van der Waals surface area (Å²) in [6.45, 7) is 7.22. The van der Waals surface area contributed by atoms with E-state index >= 15 is 0 Å². The number of benzene rings is 1. The van der Waals surface area contributed by atoms with Gasteiger partial charge in [-0.3, -0.25) is 4.90 Å². The molecule has 6 heteroatoms. The van der Waals surface area contributed by atoms with Crippen LogP contribution in [-0.2, 0) is 6.54 Å². The van der Waals surface area contributed by atoms with Crippen molar-refractivity contribution in [2.24, 2.45) is 0 Å². The Kier molecular flexibility index (Phi) is 4.93. The summed E-state index contributed by atoms with van der Waals surface area (Å²) in [7, 11) is 0. The first-order valence-electron chi connectivity index (χ1n) is 7.13. The predicted molar refractivity (Wildman–Crippen MR) is 79.1 cm³/mol. The molecular weight excluding hydrogens is 290 g/mol. The molecule has 0 saturated heterocycles. The minimum absolute atomic E-state index is 0.244. The Morgan fingerprint density at radius 1 is 1.27 bits per heavy atom. The van der Waals surface area contributed by atoms with E-state index in [0.29, 0.717) is 24.3 Å². The quantitative estimate of drug-likeness (QED) is 0.890. The Labute approximate surface area is 128 Å². The molecule has 0 unspecified atom stereocenters. The van der Waals surface area contributed by atoms with Crippen LogP contribution in [-0.4, -0.2) is 33.7 Å². The number of aliphatic hydroxyl groups is 1. The van der Waals surface area contributed by atoms with Crippen molar-refractivity contribution in [2.75, 3.05) is 13.1 Å². The van der Waals surface area contributed by atoms with Crippen molar-refractivity contribution in [3.8, 4) is 11.5 Å². The zero-order valence-electron chi connectivity index (χ0n) is 12.9. The normalized spacial score (nSPS) is 12.1. The van der Waals surface area contributed by atoms with Crippen molar-refractivity contribution in [1.82, 2.24) is 9.88 Å². The summed E-state index contributed by atoms with van der Waals surface area (Å²) in [6.07, 6.45) is 1.49. The molecule has 0 fully saturated rings. The fourth-order valence-electron chi connectivity index (χ4n) is 2.20. The predicted octanol–water partition coefficient (Wildman–Crippen LogP) is 3.21. The van der Waals surface area contributed by atoms with Crippen molar-refractivity contribution in [3.05, 3.63) is 41.8 Å². The van der Waals surface area contributed by atoms with Crippen LogP contribution in [0.15, 0.2) is 28.9 Å². The van der Waals surface area contributed by atoms with Crippen LogP contribution >= 0.6 is 0 Å². The van der Waals surface area contributed by atoms with Gasteiger partial charge >= 0.3 is 0 Å². The largest absolute Gasteiger partial charge is 0.444 e. The highest BCUT2D eigenvalue weighted by Crippen LogP contribution is 2.21. The van der Waals surface area contributed by atoms with E-state index in [2.05, 4.69) is 4.98 Å². The van der Waals surface area contributed by atoms with Crippen molar-refractivity contribution in [3.63, 3.8) is 0 Å². The van der Waals surface area contributed by atoms with Crippen LogP contribution in [0.4, 0.5) is 8.78 Å². The Balaban J connectivity index is 2.12. The monoisotopic (exact) mass is 310 g/mol. The summed E-state index contributed by atoms with van der Waals surface area (Å²) in [5.41, 5.74) is 0.254. The third kappa shape index (κ3) is 4.35. The van der Waals surface area contributed by atoms with Crippen molar-refractivity contribution >= 4 is 0 Å². The minimum atomic E-state index is -0.936. The van der Waals surface area contributed by atoms with Gasteiger partial charge in [0, 0.05) is 18.7 Å². The molecule has 4 nitrogen and oxygen atoms in total. The number of oxazole rings is 1. The third-order valence-electron chi connectivity index (χ3n) is 3.16. The van der Waals surface area contributed by atoms with E-state index in [4.69, 9.17) is 4.42 Å². The van der Waals surface area contributed by atoms with Gasteiger partial charge in [-0.05, 0) is 38.6 Å². The number of rotatable bonds is 6. The fourth-order valence-corrected chi connectivity index (χ4v) is 2.20. The maximum atomic E-state index is 13.2. The van der Waals surface area contributed by atoms with Gasteiger partial charge < -0.3 is 9.52 Å². The summed E-state index contributed by atoms with van der Waals surface area (Å²) < 4.78 is 31.5. The highest BCUT2D eigenvalue weighted by atomic mass is 19.2. The molecule has 0 spiro atoms. The summed E-state index contributed by atoms with van der Waals surface area (Å²) in [4.78, 5) is 6.31. The third-order valence-corrected chi connectivity index (χ3v) is 3.16. The van der Waals surface area contributed by atoms with Gasteiger partial charge in [-0.1, -0.05) is 6.92 Å². The topological polar surface area (TPSA) is 49.5 Å². The van der Waals surface area contributed by atoms with E-state index in [1.54, 1.807) is 13.8 Å². The molecule has 0 aliphatic carbocycles. The second kappa shape index (κ2) is 6.54. The molecule has 0 radical (unpaired) electrons. The SMILES string of the molecule is CCN(Cc1coc(-c2ccc(F)c(F)c2)n1)CC(C)(C)O. The van der Waals surface area contributed by atoms with Gasteiger partial charge in [-0.25, -0.2) is 13.8 Å². The van der Waals surface area contributed by atoms with Gasteiger partial charge in [0.25, 0.3) is 0 Å². The summed E-state index contributed by atoms with van der Waals surface area (Å²) >= 11 is 0. The highest BCUT2D eigenvalue weighted by molar-refractivity contribution is 5.53. The molecule has 0 saturated carbocycles. The second-order valence-electron chi connectivity index (χ2n) is 5.89. The molecule has 0 aliphatic heterocycles. The molecule has 0 aliphatic rings. The second-order valence-corrected chi connectivity index (χ2v) is 5.89. The molecule has 120 valence electrons. The smallest absolute Gasteiger partial charge is 0.226 e. The van der Waals surface area contributed by atoms with Gasteiger partial charge in [-0.15, -0.1) is 0 Å². The molecule has 0 bridgehead atoms. The van der Waals surface area contributed by atoms with Crippen LogP contribution < -0.4 is 0 Å². The molecule has 1 aromatic heterocycles. The maximum absolute atomic E-state index is 13.2. The minimum Gasteiger partial charge on any atom is -0.444 e. The average Bonchev–Trinajstić information content (AvgIpc) is 2.88. The molecule has 1 aromatic carbocycles. The van der Waals surface area contributed by atoms with E-state index in [1.165, 1.54) is 12.3 Å². The molecule has 0 atom stereocenters. The van der Waals surface area contributed by atoms with Crippen molar-refractivity contribution < 1.29 is 18.3 Å². The van der Waals surface area contributed by atoms with Crippen molar-refractivity contribution in [2.45, 2.75) is 32.9 Å². The number of hydrogen-bond donors (Lipinski definition) is 1. The van der Waals surface area contributed by atoms with Crippen LogP contribution in [0.1, 0.15) is 26.5 Å². The molecule has 22 heavy (non-hydrogen) atoms. The number of aromatic nitrogens is 1. The lowest BCUT2D eigenvalue weighted by atomic mass is 10.1. The Hall–Kier alpha value is -1.79. The van der Waals surface area contributed by atoms with Gasteiger partial charge in [-0.2, -0.15) is 0 Å². The number of nitrogens with zero attached hydrogens (tertiary/aromatic N) is 2. The molecule has 1 heterocycles. The lowest BCUT2D eigenvalue weighted by Gasteiger charge is -2.27. The summed E-state index contributed by atoms with van der Waals surface area (Å²) in [6, 6.07) is 3.52. The first-order valence-corrected chi connectivity index (χ1v) is 7.13. The lowest BCUT2D eigenvalue weighted by Crippen LogP contribution is -2.38. The zero-order valence-corrected chi connectivity index (χ0v) is 12.9. The molecule has 0 amide bonds. The van der Waals surface area contributed by atoms with Crippen LogP contribution in [0.3, 0.4) is 0 Å². The summed E-state index contributed by atoms with van der Waals surface area (Å²) in [5, 5.41) is 9.87. The average molecular weight is 310 g/mol. The Bertz CT molecular complexity index is 635. The molecule has 2 rings (SSSR count). The van der Waals surface area contributed by atoms with Gasteiger partial charge in [0.15, 0.2) is 11.6 Å². The van der Waals surface area contributed by atoms with E-state index in [0.717, 1.165) is 18.7 Å². The van der Waals surface area contributed by atoms with Gasteiger partial charge in [0.05, 0.1) is 11.3 Å². The number of hydrogen-bond acceptors (Lipinski definition) is 4. The highest BCUT2D eigenvalue weighted by Gasteiger charge is 2.19. The van der Waals surface area contributed by atoms with Crippen molar-refractivity contribution in [1.29, 1.82) is 0 Å². The van der Waals surface area contributed by atoms with Gasteiger partial charge in [0.2, 0.25) is 5.89 Å². The maximum Gasteiger partial charge on any atom is 0.226 e. The van der Waals surface area contributed by atoms with Crippen LogP contribution in [0.5, 0.6) is 0 Å².